The van der Waals surface area contributed by atoms with Gasteiger partial charge in [0, 0.05) is 35.2 Å². The highest BCUT2D eigenvalue weighted by Gasteiger charge is 2.21. The highest BCUT2D eigenvalue weighted by atomic mass is 79.9. The first kappa shape index (κ1) is 14.0. The first-order valence-corrected chi connectivity index (χ1v) is 7.27. The number of halogens is 2. The molecular formula is C14H20BrFN2. The molecule has 1 aliphatic rings. The zero-order valence-electron chi connectivity index (χ0n) is 10.9. The SMILES string of the molecule is CC1CN(Cc2cc(Br)ccc2F)C(C)CCN1. The van der Waals surface area contributed by atoms with Crippen LogP contribution in [0.3, 0.4) is 0 Å². The average Bonchev–Trinajstić information content (AvgIpc) is 2.47. The van der Waals surface area contributed by atoms with Gasteiger partial charge >= 0.3 is 0 Å². The Kier molecular flexibility index (Phi) is 4.76. The summed E-state index contributed by atoms with van der Waals surface area (Å²) in [6, 6.07) is 6.11. The fraction of sp³-hybridized carbons (Fsp3) is 0.571. The van der Waals surface area contributed by atoms with Gasteiger partial charge in [-0.15, -0.1) is 0 Å². The van der Waals surface area contributed by atoms with Crippen LogP contribution in [0.1, 0.15) is 25.8 Å². The smallest absolute Gasteiger partial charge is 0.127 e. The van der Waals surface area contributed by atoms with Gasteiger partial charge in [-0.2, -0.15) is 0 Å². The van der Waals surface area contributed by atoms with Gasteiger partial charge in [0.2, 0.25) is 0 Å². The summed E-state index contributed by atoms with van der Waals surface area (Å²) >= 11 is 3.41. The van der Waals surface area contributed by atoms with Crippen molar-refractivity contribution in [3.05, 3.63) is 34.1 Å². The van der Waals surface area contributed by atoms with Gasteiger partial charge in [-0.05, 0) is 45.0 Å². The fourth-order valence-electron chi connectivity index (χ4n) is 2.42. The Bertz CT molecular complexity index is 411. The first-order chi connectivity index (χ1) is 8.56. The Morgan fingerprint density at radius 2 is 2.22 bits per heavy atom. The minimum atomic E-state index is -0.116. The Morgan fingerprint density at radius 1 is 1.44 bits per heavy atom. The van der Waals surface area contributed by atoms with E-state index in [1.54, 1.807) is 6.07 Å². The monoisotopic (exact) mass is 314 g/mol. The summed E-state index contributed by atoms with van der Waals surface area (Å²) in [5, 5.41) is 3.47. The van der Waals surface area contributed by atoms with Gasteiger partial charge in [0.25, 0.3) is 0 Å². The lowest BCUT2D eigenvalue weighted by molar-refractivity contribution is 0.196. The Morgan fingerprint density at radius 3 is 3.00 bits per heavy atom. The van der Waals surface area contributed by atoms with Crippen LogP contribution in [0.15, 0.2) is 22.7 Å². The molecule has 0 saturated carbocycles. The van der Waals surface area contributed by atoms with Gasteiger partial charge in [0.15, 0.2) is 0 Å². The van der Waals surface area contributed by atoms with E-state index in [1.165, 1.54) is 6.07 Å². The third-order valence-corrected chi connectivity index (χ3v) is 4.06. The van der Waals surface area contributed by atoms with Crippen molar-refractivity contribution in [1.29, 1.82) is 0 Å². The van der Waals surface area contributed by atoms with E-state index in [2.05, 4.69) is 40.0 Å². The van der Waals surface area contributed by atoms with Crippen LogP contribution in [0.2, 0.25) is 0 Å². The van der Waals surface area contributed by atoms with Crippen LogP contribution in [0.5, 0.6) is 0 Å². The molecule has 0 radical (unpaired) electrons. The summed E-state index contributed by atoms with van der Waals surface area (Å²) in [5.41, 5.74) is 0.769. The van der Waals surface area contributed by atoms with Crippen molar-refractivity contribution in [3.63, 3.8) is 0 Å². The van der Waals surface area contributed by atoms with E-state index in [-0.39, 0.29) is 5.82 Å². The zero-order chi connectivity index (χ0) is 13.1. The van der Waals surface area contributed by atoms with Crippen LogP contribution < -0.4 is 5.32 Å². The highest BCUT2D eigenvalue weighted by molar-refractivity contribution is 9.10. The molecule has 1 heterocycles. The van der Waals surface area contributed by atoms with E-state index >= 15 is 0 Å². The first-order valence-electron chi connectivity index (χ1n) is 6.47. The Balaban J connectivity index is 2.13. The van der Waals surface area contributed by atoms with E-state index < -0.39 is 0 Å². The van der Waals surface area contributed by atoms with Gasteiger partial charge in [0.05, 0.1) is 0 Å². The van der Waals surface area contributed by atoms with Crippen LogP contribution in [0.4, 0.5) is 4.39 Å². The van der Waals surface area contributed by atoms with Crippen LogP contribution in [-0.2, 0) is 6.54 Å². The molecule has 1 aromatic carbocycles. The second-order valence-corrected chi connectivity index (χ2v) is 6.07. The maximum atomic E-state index is 13.8. The van der Waals surface area contributed by atoms with E-state index in [4.69, 9.17) is 0 Å². The third kappa shape index (κ3) is 3.53. The molecule has 0 aromatic heterocycles. The molecule has 1 fully saturated rings. The molecule has 4 heteroatoms. The summed E-state index contributed by atoms with van der Waals surface area (Å²) in [6.45, 7) is 7.09. The predicted molar refractivity (Wildman–Crippen MR) is 76.1 cm³/mol. The minimum absolute atomic E-state index is 0.116. The lowest BCUT2D eigenvalue weighted by Crippen LogP contribution is -2.38. The molecule has 0 aliphatic carbocycles. The number of benzene rings is 1. The lowest BCUT2D eigenvalue weighted by Gasteiger charge is -2.28. The molecule has 1 aliphatic heterocycles. The van der Waals surface area contributed by atoms with Crippen LogP contribution >= 0.6 is 15.9 Å². The summed E-state index contributed by atoms with van der Waals surface area (Å²) in [6.07, 6.45) is 1.11. The highest BCUT2D eigenvalue weighted by Crippen LogP contribution is 2.19. The van der Waals surface area contributed by atoms with Gasteiger partial charge < -0.3 is 5.32 Å². The van der Waals surface area contributed by atoms with Crippen molar-refractivity contribution in [2.24, 2.45) is 0 Å². The van der Waals surface area contributed by atoms with Gasteiger partial charge in [-0.3, -0.25) is 4.90 Å². The third-order valence-electron chi connectivity index (χ3n) is 3.57. The van der Waals surface area contributed by atoms with E-state index in [9.17, 15) is 4.39 Å². The normalized spacial score (nSPS) is 26.0. The maximum absolute atomic E-state index is 13.8. The van der Waals surface area contributed by atoms with Crippen molar-refractivity contribution in [1.82, 2.24) is 10.2 Å². The Hall–Kier alpha value is -0.450. The molecule has 2 unspecified atom stereocenters. The largest absolute Gasteiger partial charge is 0.313 e. The van der Waals surface area contributed by atoms with Crippen molar-refractivity contribution >= 4 is 15.9 Å². The molecule has 0 spiro atoms. The zero-order valence-corrected chi connectivity index (χ0v) is 12.5. The molecule has 2 nitrogen and oxygen atoms in total. The van der Waals surface area contributed by atoms with Gasteiger partial charge in [0.1, 0.15) is 5.82 Å². The standard InChI is InChI=1S/C14H20BrFN2/c1-10-8-18(11(2)5-6-17-10)9-12-7-13(15)3-4-14(12)16/h3-4,7,10-11,17H,5-6,8-9H2,1-2H3. The summed E-state index contributed by atoms with van der Waals surface area (Å²) < 4.78 is 14.7. The van der Waals surface area contributed by atoms with Gasteiger partial charge in [-0.1, -0.05) is 15.9 Å². The molecule has 18 heavy (non-hydrogen) atoms. The average molecular weight is 315 g/mol. The predicted octanol–water partition coefficient (Wildman–Crippen LogP) is 3.16. The minimum Gasteiger partial charge on any atom is -0.313 e. The second kappa shape index (κ2) is 6.13. The number of nitrogens with zero attached hydrogens (tertiary/aromatic N) is 1. The molecular weight excluding hydrogens is 295 g/mol. The van der Waals surface area contributed by atoms with Crippen molar-refractivity contribution < 1.29 is 4.39 Å². The topological polar surface area (TPSA) is 15.3 Å². The fourth-order valence-corrected chi connectivity index (χ4v) is 2.83. The molecule has 2 atom stereocenters. The number of hydrogen-bond acceptors (Lipinski definition) is 2. The Labute approximate surface area is 117 Å². The number of hydrogen-bond donors (Lipinski definition) is 1. The number of nitrogens with one attached hydrogen (secondary N) is 1. The molecule has 1 aromatic rings. The second-order valence-electron chi connectivity index (χ2n) is 5.16. The summed E-state index contributed by atoms with van der Waals surface area (Å²) in [7, 11) is 0. The molecule has 0 amide bonds. The summed E-state index contributed by atoms with van der Waals surface area (Å²) in [5.74, 6) is -0.116. The van der Waals surface area contributed by atoms with Crippen LogP contribution in [0.25, 0.3) is 0 Å². The van der Waals surface area contributed by atoms with Crippen molar-refractivity contribution in [2.45, 2.75) is 38.9 Å². The summed E-state index contributed by atoms with van der Waals surface area (Å²) in [4.78, 5) is 2.36. The molecule has 1 saturated heterocycles. The van der Waals surface area contributed by atoms with Crippen molar-refractivity contribution in [2.75, 3.05) is 13.1 Å². The molecule has 0 bridgehead atoms. The van der Waals surface area contributed by atoms with Crippen LogP contribution in [-0.4, -0.2) is 30.1 Å². The molecule has 100 valence electrons. The lowest BCUT2D eigenvalue weighted by atomic mass is 10.1. The van der Waals surface area contributed by atoms with Gasteiger partial charge in [-0.25, -0.2) is 4.39 Å². The van der Waals surface area contributed by atoms with E-state index in [1.807, 2.05) is 6.07 Å². The van der Waals surface area contributed by atoms with E-state index in [0.29, 0.717) is 18.6 Å². The van der Waals surface area contributed by atoms with E-state index in [0.717, 1.165) is 29.5 Å². The number of rotatable bonds is 2. The van der Waals surface area contributed by atoms with Crippen LogP contribution in [0, 0.1) is 5.82 Å². The van der Waals surface area contributed by atoms with Crippen molar-refractivity contribution in [3.8, 4) is 0 Å². The molecule has 1 N–H and O–H groups in total. The quantitative estimate of drug-likeness (QED) is 0.902. The molecule has 2 rings (SSSR count). The maximum Gasteiger partial charge on any atom is 0.127 e.